The van der Waals surface area contributed by atoms with Gasteiger partial charge in [-0.3, -0.25) is 0 Å². The average Bonchev–Trinajstić information content (AvgIpc) is 2.67. The minimum Gasteiger partial charge on any atom is -0.444 e. The minimum absolute atomic E-state index is 0.388. The molecule has 7 nitrogen and oxygen atoms in total. The van der Waals surface area contributed by atoms with E-state index in [0.717, 1.165) is 13.0 Å². The number of nitrogens with zero attached hydrogens (tertiary/aromatic N) is 2. The van der Waals surface area contributed by atoms with Crippen LogP contribution < -0.4 is 10.6 Å². The Morgan fingerprint density at radius 2 is 2.11 bits per heavy atom. The smallest absolute Gasteiger partial charge is 0.407 e. The summed E-state index contributed by atoms with van der Waals surface area (Å²) >= 11 is 0. The predicted molar refractivity (Wildman–Crippen MR) is 69.6 cm³/mol. The first kappa shape index (κ1) is 15.4. The molecule has 2 N–H and O–H groups in total. The molecule has 0 fully saturated rings. The van der Waals surface area contributed by atoms with Crippen molar-refractivity contribution in [2.45, 2.75) is 46.3 Å². The van der Waals surface area contributed by atoms with E-state index in [4.69, 9.17) is 9.26 Å². The summed E-state index contributed by atoms with van der Waals surface area (Å²) in [5.41, 5.74) is -0.460. The van der Waals surface area contributed by atoms with Gasteiger partial charge in [0.15, 0.2) is 5.82 Å². The number of hydrogen-bond donors (Lipinski definition) is 2. The first-order chi connectivity index (χ1) is 8.87. The molecule has 1 heterocycles. The first-order valence-corrected chi connectivity index (χ1v) is 6.33. The van der Waals surface area contributed by atoms with Crippen molar-refractivity contribution in [3.8, 4) is 0 Å². The molecule has 1 aromatic heterocycles. The SMILES string of the molecule is Cc1nc(CNCCCNC(=O)OC(C)(C)C)no1. The highest BCUT2D eigenvalue weighted by Gasteiger charge is 2.15. The number of aryl methyl sites for hydroxylation is 1. The maximum atomic E-state index is 11.3. The van der Waals surface area contributed by atoms with Crippen LogP contribution in [0.5, 0.6) is 0 Å². The Balaban J connectivity index is 2.01. The molecule has 7 heteroatoms. The number of carbonyl (C=O) groups excluding carboxylic acids is 1. The molecule has 0 unspecified atom stereocenters. The fourth-order valence-corrected chi connectivity index (χ4v) is 1.33. The van der Waals surface area contributed by atoms with Crippen LogP contribution in [0.2, 0.25) is 0 Å². The van der Waals surface area contributed by atoms with E-state index in [2.05, 4.69) is 20.8 Å². The predicted octanol–water partition coefficient (Wildman–Crippen LogP) is 1.38. The molecule has 0 saturated carbocycles. The zero-order chi connectivity index (χ0) is 14.3. The van der Waals surface area contributed by atoms with Crippen molar-refractivity contribution in [1.82, 2.24) is 20.8 Å². The normalized spacial score (nSPS) is 11.4. The van der Waals surface area contributed by atoms with Gasteiger partial charge in [0.05, 0.1) is 6.54 Å². The molecule has 0 aliphatic carbocycles. The van der Waals surface area contributed by atoms with Crippen molar-refractivity contribution in [2.24, 2.45) is 0 Å². The summed E-state index contributed by atoms with van der Waals surface area (Å²) in [6.07, 6.45) is 0.414. The summed E-state index contributed by atoms with van der Waals surface area (Å²) in [6, 6.07) is 0. The molecule has 0 spiro atoms. The summed E-state index contributed by atoms with van der Waals surface area (Å²) in [6.45, 7) is 9.13. The van der Waals surface area contributed by atoms with E-state index >= 15 is 0 Å². The third-order valence-electron chi connectivity index (χ3n) is 2.05. The largest absolute Gasteiger partial charge is 0.444 e. The molecule has 0 saturated heterocycles. The highest BCUT2D eigenvalue weighted by atomic mass is 16.6. The van der Waals surface area contributed by atoms with Crippen LogP contribution in [0.15, 0.2) is 4.52 Å². The Morgan fingerprint density at radius 1 is 1.37 bits per heavy atom. The molecular formula is C12H22N4O3. The van der Waals surface area contributed by atoms with E-state index in [0.29, 0.717) is 24.8 Å². The van der Waals surface area contributed by atoms with Gasteiger partial charge in [-0.25, -0.2) is 4.79 Å². The number of alkyl carbamates (subject to hydrolysis) is 1. The van der Waals surface area contributed by atoms with Crippen molar-refractivity contribution >= 4 is 6.09 Å². The van der Waals surface area contributed by atoms with Crippen LogP contribution in [-0.4, -0.2) is 34.9 Å². The van der Waals surface area contributed by atoms with Gasteiger partial charge in [-0.1, -0.05) is 5.16 Å². The third kappa shape index (κ3) is 7.40. The molecule has 0 aliphatic heterocycles. The lowest BCUT2D eigenvalue weighted by Gasteiger charge is -2.19. The number of carbonyl (C=O) groups is 1. The average molecular weight is 270 g/mol. The fraction of sp³-hybridized carbons (Fsp3) is 0.750. The molecule has 0 bridgehead atoms. The van der Waals surface area contributed by atoms with Crippen molar-refractivity contribution in [2.75, 3.05) is 13.1 Å². The van der Waals surface area contributed by atoms with Crippen LogP contribution in [0.25, 0.3) is 0 Å². The van der Waals surface area contributed by atoms with Crippen LogP contribution in [0.1, 0.15) is 38.9 Å². The number of rotatable bonds is 6. The summed E-state index contributed by atoms with van der Waals surface area (Å²) in [5, 5.41) is 9.61. The zero-order valence-electron chi connectivity index (χ0n) is 11.9. The van der Waals surface area contributed by atoms with E-state index in [1.165, 1.54) is 0 Å². The Labute approximate surface area is 113 Å². The van der Waals surface area contributed by atoms with Crippen LogP contribution in [0.3, 0.4) is 0 Å². The van der Waals surface area contributed by atoms with Crippen molar-refractivity contribution in [3.63, 3.8) is 0 Å². The van der Waals surface area contributed by atoms with E-state index < -0.39 is 5.60 Å². The van der Waals surface area contributed by atoms with Gasteiger partial charge >= 0.3 is 6.09 Å². The molecule has 0 atom stereocenters. The lowest BCUT2D eigenvalue weighted by atomic mass is 10.2. The lowest BCUT2D eigenvalue weighted by molar-refractivity contribution is 0.0527. The van der Waals surface area contributed by atoms with Crippen LogP contribution in [-0.2, 0) is 11.3 Å². The summed E-state index contributed by atoms with van der Waals surface area (Å²) in [5.74, 6) is 1.20. The van der Waals surface area contributed by atoms with Gasteiger partial charge in [0.25, 0.3) is 0 Å². The van der Waals surface area contributed by atoms with Crippen LogP contribution in [0.4, 0.5) is 4.79 Å². The van der Waals surface area contributed by atoms with E-state index in [9.17, 15) is 4.79 Å². The van der Waals surface area contributed by atoms with Crippen LogP contribution >= 0.6 is 0 Å². The molecule has 1 rings (SSSR count). The number of aromatic nitrogens is 2. The second kappa shape index (κ2) is 7.08. The highest BCUT2D eigenvalue weighted by molar-refractivity contribution is 5.67. The van der Waals surface area contributed by atoms with Crippen molar-refractivity contribution in [3.05, 3.63) is 11.7 Å². The molecule has 1 amide bonds. The fourth-order valence-electron chi connectivity index (χ4n) is 1.33. The Morgan fingerprint density at radius 3 is 2.68 bits per heavy atom. The van der Waals surface area contributed by atoms with Gasteiger partial charge in [-0.2, -0.15) is 4.98 Å². The number of ether oxygens (including phenoxy) is 1. The summed E-state index contributed by atoms with van der Waals surface area (Å²) < 4.78 is 9.96. The van der Waals surface area contributed by atoms with Gasteiger partial charge in [-0.15, -0.1) is 0 Å². The number of nitrogens with one attached hydrogen (secondary N) is 2. The molecule has 19 heavy (non-hydrogen) atoms. The Bertz CT molecular complexity index is 398. The quantitative estimate of drug-likeness (QED) is 0.759. The van der Waals surface area contributed by atoms with Crippen LogP contribution in [0, 0.1) is 6.92 Å². The van der Waals surface area contributed by atoms with E-state index in [-0.39, 0.29) is 6.09 Å². The molecule has 108 valence electrons. The maximum Gasteiger partial charge on any atom is 0.407 e. The Kier molecular flexibility index (Phi) is 5.75. The van der Waals surface area contributed by atoms with Gasteiger partial charge in [-0.05, 0) is 33.7 Å². The zero-order valence-corrected chi connectivity index (χ0v) is 11.9. The number of hydrogen-bond acceptors (Lipinski definition) is 6. The molecule has 0 radical (unpaired) electrons. The second-order valence-electron chi connectivity index (χ2n) is 5.19. The lowest BCUT2D eigenvalue weighted by Crippen LogP contribution is -2.33. The third-order valence-corrected chi connectivity index (χ3v) is 2.05. The summed E-state index contributed by atoms with van der Waals surface area (Å²) in [4.78, 5) is 15.4. The van der Waals surface area contributed by atoms with E-state index in [1.807, 2.05) is 20.8 Å². The van der Waals surface area contributed by atoms with Crippen molar-refractivity contribution < 1.29 is 14.1 Å². The second-order valence-corrected chi connectivity index (χ2v) is 5.19. The molecule has 1 aromatic rings. The van der Waals surface area contributed by atoms with E-state index in [1.54, 1.807) is 6.92 Å². The number of amides is 1. The minimum atomic E-state index is -0.460. The highest BCUT2D eigenvalue weighted by Crippen LogP contribution is 2.06. The van der Waals surface area contributed by atoms with Gasteiger partial charge in [0, 0.05) is 13.5 Å². The molecule has 0 aromatic carbocycles. The van der Waals surface area contributed by atoms with Gasteiger partial charge in [0.1, 0.15) is 5.60 Å². The van der Waals surface area contributed by atoms with Gasteiger partial charge in [0.2, 0.25) is 5.89 Å². The molecular weight excluding hydrogens is 248 g/mol. The summed E-state index contributed by atoms with van der Waals surface area (Å²) in [7, 11) is 0. The Hall–Kier alpha value is -1.63. The topological polar surface area (TPSA) is 89.3 Å². The van der Waals surface area contributed by atoms with Gasteiger partial charge < -0.3 is 19.9 Å². The first-order valence-electron chi connectivity index (χ1n) is 6.33. The maximum absolute atomic E-state index is 11.3. The van der Waals surface area contributed by atoms with Crippen molar-refractivity contribution in [1.29, 1.82) is 0 Å². The molecule has 0 aliphatic rings. The monoisotopic (exact) mass is 270 g/mol. The standard InChI is InChI=1S/C12H22N4O3/c1-9-15-10(16-19-9)8-13-6-5-7-14-11(17)18-12(2,3)4/h13H,5-8H2,1-4H3,(H,14,17).